The third kappa shape index (κ3) is 4.48. The number of methoxy groups -OCH3 is 2. The van der Waals surface area contributed by atoms with Crippen LogP contribution in [0, 0.1) is 20.8 Å². The molecular formula is C28H27N3O3. The van der Waals surface area contributed by atoms with Gasteiger partial charge in [0.1, 0.15) is 11.5 Å². The summed E-state index contributed by atoms with van der Waals surface area (Å²) < 4.78 is 10.9. The molecule has 172 valence electrons. The molecule has 34 heavy (non-hydrogen) atoms. The van der Waals surface area contributed by atoms with Gasteiger partial charge in [0.2, 0.25) is 0 Å². The molecule has 0 bridgehead atoms. The van der Waals surface area contributed by atoms with Gasteiger partial charge in [-0.05, 0) is 62.2 Å². The number of para-hydroxylation sites is 1. The summed E-state index contributed by atoms with van der Waals surface area (Å²) in [5.74, 6) is 1.05. The average molecular weight is 454 g/mol. The van der Waals surface area contributed by atoms with Gasteiger partial charge in [-0.3, -0.25) is 4.79 Å². The number of hydrogen-bond acceptors (Lipinski definition) is 5. The maximum atomic E-state index is 13.2. The topological polar surface area (TPSA) is 72.8 Å². The van der Waals surface area contributed by atoms with Gasteiger partial charge in [-0.15, -0.1) is 0 Å². The van der Waals surface area contributed by atoms with Crippen molar-refractivity contribution in [1.29, 1.82) is 0 Å². The highest BCUT2D eigenvalue weighted by atomic mass is 16.5. The van der Waals surface area contributed by atoms with E-state index in [2.05, 4.69) is 36.5 Å². The van der Waals surface area contributed by atoms with Crippen molar-refractivity contribution >= 4 is 23.0 Å². The molecule has 0 saturated carbocycles. The van der Waals surface area contributed by atoms with Crippen LogP contribution in [0.1, 0.15) is 32.6 Å². The molecular weight excluding hydrogens is 426 g/mol. The molecule has 0 aliphatic rings. The van der Waals surface area contributed by atoms with Crippen LogP contribution in [0.15, 0.2) is 65.8 Å². The van der Waals surface area contributed by atoms with E-state index < -0.39 is 0 Å². The van der Waals surface area contributed by atoms with Crippen LogP contribution in [0.3, 0.4) is 0 Å². The van der Waals surface area contributed by atoms with Gasteiger partial charge in [-0.1, -0.05) is 30.3 Å². The van der Waals surface area contributed by atoms with Crippen LogP contribution in [-0.2, 0) is 0 Å². The second-order valence-corrected chi connectivity index (χ2v) is 8.09. The molecule has 0 fully saturated rings. The minimum absolute atomic E-state index is 0.316. The van der Waals surface area contributed by atoms with Crippen molar-refractivity contribution in [2.45, 2.75) is 20.8 Å². The first-order valence-corrected chi connectivity index (χ1v) is 10.9. The number of aromatic nitrogens is 1. The lowest BCUT2D eigenvalue weighted by Gasteiger charge is -2.12. The Labute approximate surface area is 199 Å². The zero-order valence-corrected chi connectivity index (χ0v) is 20.0. The standard InChI is InChI=1S/C28H27N3O3/c1-17-10-11-20(14-18(17)2)25-15-23(22-8-6-7-9-24(22)30-25)28(32)31-29-16-21-12-13-26(33-4)19(3)27(21)34-5/h6-16H,1-5H3,(H,31,32)/b29-16-. The van der Waals surface area contributed by atoms with Crippen molar-refractivity contribution in [2.75, 3.05) is 14.2 Å². The SMILES string of the molecule is COc1ccc(/C=N\NC(=O)c2cc(-c3ccc(C)c(C)c3)nc3ccccc23)c(OC)c1C. The fourth-order valence-corrected chi connectivity index (χ4v) is 3.92. The normalized spacial score (nSPS) is 11.1. The van der Waals surface area contributed by atoms with Gasteiger partial charge in [0.05, 0.1) is 37.2 Å². The van der Waals surface area contributed by atoms with Crippen LogP contribution >= 0.6 is 0 Å². The molecule has 0 spiro atoms. The number of hydrazone groups is 1. The minimum atomic E-state index is -0.316. The number of nitrogens with zero attached hydrogens (tertiary/aromatic N) is 2. The van der Waals surface area contributed by atoms with Crippen molar-refractivity contribution in [3.05, 3.63) is 88.5 Å². The Balaban J connectivity index is 1.68. The van der Waals surface area contributed by atoms with E-state index in [9.17, 15) is 4.79 Å². The molecule has 1 aromatic heterocycles. The average Bonchev–Trinajstić information content (AvgIpc) is 2.85. The summed E-state index contributed by atoms with van der Waals surface area (Å²) in [4.78, 5) is 18.0. The third-order valence-corrected chi connectivity index (χ3v) is 5.94. The van der Waals surface area contributed by atoms with Crippen LogP contribution < -0.4 is 14.9 Å². The first-order valence-electron chi connectivity index (χ1n) is 10.9. The Morgan fingerprint density at radius 2 is 1.74 bits per heavy atom. The maximum Gasteiger partial charge on any atom is 0.272 e. The highest BCUT2D eigenvalue weighted by molar-refractivity contribution is 6.07. The number of hydrogen-bond donors (Lipinski definition) is 1. The van der Waals surface area contributed by atoms with Gasteiger partial charge >= 0.3 is 0 Å². The summed E-state index contributed by atoms with van der Waals surface area (Å²) in [7, 11) is 3.20. The highest BCUT2D eigenvalue weighted by Gasteiger charge is 2.14. The van der Waals surface area contributed by atoms with Gasteiger partial charge in [0.25, 0.3) is 5.91 Å². The molecule has 4 aromatic rings. The first kappa shape index (κ1) is 23.0. The second-order valence-electron chi connectivity index (χ2n) is 8.09. The van der Waals surface area contributed by atoms with Crippen molar-refractivity contribution < 1.29 is 14.3 Å². The monoisotopic (exact) mass is 453 g/mol. The lowest BCUT2D eigenvalue weighted by atomic mass is 10.0. The summed E-state index contributed by atoms with van der Waals surface area (Å²) in [6.07, 6.45) is 1.57. The maximum absolute atomic E-state index is 13.2. The number of nitrogens with one attached hydrogen (secondary N) is 1. The summed E-state index contributed by atoms with van der Waals surface area (Å²) in [6, 6.07) is 19.3. The number of fused-ring (bicyclic) bond motifs is 1. The van der Waals surface area contributed by atoms with Crippen molar-refractivity contribution in [3.63, 3.8) is 0 Å². The van der Waals surface area contributed by atoms with Gasteiger partial charge in [0.15, 0.2) is 0 Å². The number of amides is 1. The van der Waals surface area contributed by atoms with E-state index in [1.165, 1.54) is 11.1 Å². The largest absolute Gasteiger partial charge is 0.496 e. The predicted octanol–water partition coefficient (Wildman–Crippen LogP) is 5.61. The van der Waals surface area contributed by atoms with E-state index in [0.29, 0.717) is 11.3 Å². The number of carbonyl (C=O) groups excluding carboxylic acids is 1. The van der Waals surface area contributed by atoms with Gasteiger partial charge in [-0.2, -0.15) is 5.10 Å². The van der Waals surface area contributed by atoms with Crippen molar-refractivity contribution in [2.24, 2.45) is 5.10 Å². The van der Waals surface area contributed by atoms with E-state index in [0.717, 1.165) is 39.0 Å². The van der Waals surface area contributed by atoms with Crippen LogP contribution in [0.4, 0.5) is 0 Å². The van der Waals surface area contributed by atoms with Crippen LogP contribution in [-0.4, -0.2) is 31.3 Å². The molecule has 1 heterocycles. The molecule has 1 N–H and O–H groups in total. The Morgan fingerprint density at radius 1 is 0.941 bits per heavy atom. The Bertz CT molecular complexity index is 1410. The molecule has 0 saturated heterocycles. The van der Waals surface area contributed by atoms with E-state index in [1.54, 1.807) is 20.4 Å². The Hall–Kier alpha value is -4.19. The Kier molecular flexibility index (Phi) is 6.59. The molecule has 1 amide bonds. The lowest BCUT2D eigenvalue weighted by Crippen LogP contribution is -2.18. The number of carbonyl (C=O) groups is 1. The minimum Gasteiger partial charge on any atom is -0.496 e. The van der Waals surface area contributed by atoms with Gasteiger partial charge in [0, 0.05) is 22.1 Å². The van der Waals surface area contributed by atoms with E-state index >= 15 is 0 Å². The third-order valence-electron chi connectivity index (χ3n) is 5.94. The summed E-state index contributed by atoms with van der Waals surface area (Å²) in [6.45, 7) is 6.05. The second kappa shape index (κ2) is 9.75. The van der Waals surface area contributed by atoms with Crippen LogP contribution in [0.2, 0.25) is 0 Å². The van der Waals surface area contributed by atoms with Crippen molar-refractivity contribution in [1.82, 2.24) is 10.4 Å². The summed E-state index contributed by atoms with van der Waals surface area (Å²) in [5.41, 5.74) is 9.59. The molecule has 6 nitrogen and oxygen atoms in total. The van der Waals surface area contributed by atoms with Crippen LogP contribution in [0.25, 0.3) is 22.2 Å². The summed E-state index contributed by atoms with van der Waals surface area (Å²) >= 11 is 0. The fourth-order valence-electron chi connectivity index (χ4n) is 3.92. The number of benzene rings is 3. The zero-order chi connectivity index (χ0) is 24.2. The van der Waals surface area contributed by atoms with E-state index in [-0.39, 0.29) is 5.91 Å². The van der Waals surface area contributed by atoms with Crippen molar-refractivity contribution in [3.8, 4) is 22.8 Å². The summed E-state index contributed by atoms with van der Waals surface area (Å²) in [5, 5.41) is 4.96. The molecule has 4 rings (SSSR count). The van der Waals surface area contributed by atoms with E-state index in [4.69, 9.17) is 14.5 Å². The number of aryl methyl sites for hydroxylation is 2. The molecule has 0 radical (unpaired) electrons. The molecule has 3 aromatic carbocycles. The Morgan fingerprint density at radius 3 is 2.47 bits per heavy atom. The molecule has 0 aliphatic heterocycles. The number of ether oxygens (including phenoxy) is 2. The smallest absolute Gasteiger partial charge is 0.272 e. The van der Waals surface area contributed by atoms with Gasteiger partial charge < -0.3 is 9.47 Å². The van der Waals surface area contributed by atoms with Gasteiger partial charge in [-0.25, -0.2) is 10.4 Å². The number of pyridine rings is 1. The molecule has 0 unspecified atom stereocenters. The predicted molar refractivity (Wildman–Crippen MR) is 136 cm³/mol. The first-order chi connectivity index (χ1) is 16.4. The molecule has 6 heteroatoms. The fraction of sp³-hybridized carbons (Fsp3) is 0.179. The molecule has 0 atom stereocenters. The zero-order valence-electron chi connectivity index (χ0n) is 20.0. The highest BCUT2D eigenvalue weighted by Crippen LogP contribution is 2.30. The molecule has 0 aliphatic carbocycles. The van der Waals surface area contributed by atoms with E-state index in [1.807, 2.05) is 55.5 Å². The lowest BCUT2D eigenvalue weighted by molar-refractivity contribution is 0.0956. The number of rotatable bonds is 6. The quantitative estimate of drug-likeness (QED) is 0.304. The van der Waals surface area contributed by atoms with Crippen LogP contribution in [0.5, 0.6) is 11.5 Å².